The maximum atomic E-state index is 4.54. The van der Waals surface area contributed by atoms with Gasteiger partial charge in [0.2, 0.25) is 0 Å². The molecule has 0 unspecified atom stereocenters. The number of pyridine rings is 1. The monoisotopic (exact) mass is 333 g/mol. The molecule has 0 spiro atoms. The lowest BCUT2D eigenvalue weighted by Gasteiger charge is -2.16. The zero-order chi connectivity index (χ0) is 16.0. The average molecular weight is 334 g/mol. The molecule has 4 aromatic rings. The summed E-state index contributed by atoms with van der Waals surface area (Å²) in [6, 6.07) is 19.7. The first-order valence-electron chi connectivity index (χ1n) is 7.91. The summed E-state index contributed by atoms with van der Waals surface area (Å²) < 4.78 is 2.71. The first-order valence-corrected chi connectivity index (χ1v) is 12.2. The van der Waals surface area contributed by atoms with Gasteiger partial charge in [0.1, 0.15) is 0 Å². The Kier molecular flexibility index (Phi) is 3.36. The molecule has 0 saturated heterocycles. The topological polar surface area (TPSA) is 12.9 Å². The SMILES string of the molecule is C[Si](C)(C)c1ccc2sc3c(-c4ccccn4)cccc3c2c1. The number of benzene rings is 2. The zero-order valence-corrected chi connectivity index (χ0v) is 15.4. The van der Waals surface area contributed by atoms with Crippen LogP contribution in [0.3, 0.4) is 0 Å². The molecule has 1 nitrogen and oxygen atoms in total. The van der Waals surface area contributed by atoms with E-state index in [4.69, 9.17) is 0 Å². The van der Waals surface area contributed by atoms with Gasteiger partial charge in [-0.25, -0.2) is 0 Å². The fourth-order valence-electron chi connectivity index (χ4n) is 2.99. The fourth-order valence-corrected chi connectivity index (χ4v) is 5.35. The third kappa shape index (κ3) is 2.50. The van der Waals surface area contributed by atoms with Gasteiger partial charge in [0, 0.05) is 31.9 Å². The second-order valence-electron chi connectivity index (χ2n) is 6.96. The molecule has 0 aliphatic carbocycles. The van der Waals surface area contributed by atoms with Crippen molar-refractivity contribution in [2.24, 2.45) is 0 Å². The summed E-state index contributed by atoms with van der Waals surface area (Å²) in [6.07, 6.45) is 1.87. The lowest BCUT2D eigenvalue weighted by atomic mass is 10.1. The number of hydrogen-bond acceptors (Lipinski definition) is 2. The van der Waals surface area contributed by atoms with Crippen LogP contribution in [0.25, 0.3) is 31.4 Å². The van der Waals surface area contributed by atoms with Crippen LogP contribution in [0.2, 0.25) is 19.6 Å². The molecule has 0 amide bonds. The van der Waals surface area contributed by atoms with E-state index in [2.05, 4.69) is 73.2 Å². The zero-order valence-electron chi connectivity index (χ0n) is 13.6. The molecule has 2 aromatic carbocycles. The van der Waals surface area contributed by atoms with Crippen LogP contribution >= 0.6 is 11.3 Å². The highest BCUT2D eigenvalue weighted by molar-refractivity contribution is 7.26. The minimum atomic E-state index is -1.30. The number of thiophene rings is 1. The molecular formula is C20H19NSSi. The number of fused-ring (bicyclic) bond motifs is 3. The third-order valence-electron chi connectivity index (χ3n) is 4.30. The molecule has 114 valence electrons. The maximum Gasteiger partial charge on any atom is 0.0776 e. The van der Waals surface area contributed by atoms with Gasteiger partial charge < -0.3 is 0 Å². The molecule has 0 aliphatic rings. The first-order chi connectivity index (χ1) is 11.0. The number of nitrogens with zero attached hydrogens (tertiary/aromatic N) is 1. The molecule has 4 rings (SSSR count). The quantitative estimate of drug-likeness (QED) is 0.431. The van der Waals surface area contributed by atoms with E-state index in [0.29, 0.717) is 0 Å². The van der Waals surface area contributed by atoms with Gasteiger partial charge in [-0.15, -0.1) is 11.3 Å². The maximum absolute atomic E-state index is 4.54. The van der Waals surface area contributed by atoms with E-state index in [0.717, 1.165) is 5.69 Å². The molecular weight excluding hydrogens is 314 g/mol. The van der Waals surface area contributed by atoms with Crippen molar-refractivity contribution in [2.75, 3.05) is 0 Å². The minimum absolute atomic E-state index is 1.05. The second-order valence-corrected chi connectivity index (χ2v) is 13.1. The summed E-state index contributed by atoms with van der Waals surface area (Å²) >= 11 is 1.88. The highest BCUT2D eigenvalue weighted by atomic mass is 32.1. The normalized spacial score (nSPS) is 12.1. The van der Waals surface area contributed by atoms with Gasteiger partial charge in [-0.1, -0.05) is 61.2 Å². The van der Waals surface area contributed by atoms with E-state index in [-0.39, 0.29) is 0 Å². The van der Waals surface area contributed by atoms with Gasteiger partial charge >= 0.3 is 0 Å². The Morgan fingerprint density at radius 1 is 0.870 bits per heavy atom. The number of hydrogen-bond donors (Lipinski definition) is 0. The van der Waals surface area contributed by atoms with Crippen molar-refractivity contribution < 1.29 is 0 Å². The van der Waals surface area contributed by atoms with Gasteiger partial charge in [-0.3, -0.25) is 4.98 Å². The van der Waals surface area contributed by atoms with E-state index in [9.17, 15) is 0 Å². The van der Waals surface area contributed by atoms with Crippen molar-refractivity contribution in [3.63, 3.8) is 0 Å². The average Bonchev–Trinajstić information content (AvgIpc) is 2.92. The Morgan fingerprint density at radius 2 is 1.74 bits per heavy atom. The van der Waals surface area contributed by atoms with Crippen molar-refractivity contribution in [1.29, 1.82) is 0 Å². The molecule has 2 heterocycles. The lowest BCUT2D eigenvalue weighted by Crippen LogP contribution is -2.37. The van der Waals surface area contributed by atoms with Gasteiger partial charge in [-0.2, -0.15) is 0 Å². The Hall–Kier alpha value is -1.97. The predicted octanol–water partition coefficient (Wildman–Crippen LogP) is 5.66. The lowest BCUT2D eigenvalue weighted by molar-refractivity contribution is 1.33. The van der Waals surface area contributed by atoms with Crippen LogP contribution in [-0.4, -0.2) is 13.1 Å². The van der Waals surface area contributed by atoms with Crippen molar-refractivity contribution in [2.45, 2.75) is 19.6 Å². The highest BCUT2D eigenvalue weighted by Crippen LogP contribution is 2.39. The van der Waals surface area contributed by atoms with E-state index < -0.39 is 8.07 Å². The van der Waals surface area contributed by atoms with Crippen LogP contribution in [0.15, 0.2) is 60.8 Å². The summed E-state index contributed by atoms with van der Waals surface area (Å²) in [5, 5.41) is 4.27. The summed E-state index contributed by atoms with van der Waals surface area (Å²) in [4.78, 5) is 4.54. The van der Waals surface area contributed by atoms with E-state index in [1.54, 1.807) is 0 Å². The van der Waals surface area contributed by atoms with E-state index >= 15 is 0 Å². The molecule has 0 aliphatic heterocycles. The standard InChI is InChI=1S/C20H19NSSi/c1-23(2,3)14-10-11-19-17(13-14)15-7-6-8-16(20(15)22-19)18-9-4-5-12-21-18/h4-13H,1-3H3. The molecule has 0 fully saturated rings. The van der Waals surface area contributed by atoms with Crippen LogP contribution in [0, 0.1) is 0 Å². The number of aromatic nitrogens is 1. The van der Waals surface area contributed by atoms with Crippen LogP contribution in [-0.2, 0) is 0 Å². The van der Waals surface area contributed by atoms with Gasteiger partial charge in [0.05, 0.1) is 13.8 Å². The molecule has 0 N–H and O–H groups in total. The Morgan fingerprint density at radius 3 is 2.48 bits per heavy atom. The second kappa shape index (κ2) is 5.29. The van der Waals surface area contributed by atoms with E-state index in [1.165, 1.54) is 30.9 Å². The summed E-state index contributed by atoms with van der Waals surface area (Å²) in [7, 11) is -1.30. The Labute approximate surface area is 141 Å². The Balaban J connectivity index is 2.03. The van der Waals surface area contributed by atoms with Crippen LogP contribution < -0.4 is 5.19 Å². The first kappa shape index (κ1) is 14.6. The largest absolute Gasteiger partial charge is 0.256 e. The summed E-state index contributed by atoms with van der Waals surface area (Å²) in [6.45, 7) is 7.21. The smallest absolute Gasteiger partial charge is 0.0776 e. The highest BCUT2D eigenvalue weighted by Gasteiger charge is 2.18. The van der Waals surface area contributed by atoms with Crippen molar-refractivity contribution in [3.05, 3.63) is 60.8 Å². The van der Waals surface area contributed by atoms with Crippen molar-refractivity contribution in [3.8, 4) is 11.3 Å². The van der Waals surface area contributed by atoms with Gasteiger partial charge in [-0.05, 0) is 18.2 Å². The number of rotatable bonds is 2. The molecule has 0 atom stereocenters. The van der Waals surface area contributed by atoms with Crippen LogP contribution in [0.5, 0.6) is 0 Å². The van der Waals surface area contributed by atoms with Crippen LogP contribution in [0.1, 0.15) is 0 Å². The van der Waals surface area contributed by atoms with Crippen molar-refractivity contribution >= 4 is 44.8 Å². The van der Waals surface area contributed by atoms with Gasteiger partial charge in [0.25, 0.3) is 0 Å². The Bertz CT molecular complexity index is 997. The molecule has 0 saturated carbocycles. The van der Waals surface area contributed by atoms with Crippen molar-refractivity contribution in [1.82, 2.24) is 4.98 Å². The molecule has 0 bridgehead atoms. The van der Waals surface area contributed by atoms with Crippen LogP contribution in [0.4, 0.5) is 0 Å². The van der Waals surface area contributed by atoms with Gasteiger partial charge in [0.15, 0.2) is 0 Å². The summed E-state index contributed by atoms with van der Waals surface area (Å²) in [5.74, 6) is 0. The fraction of sp³-hybridized carbons (Fsp3) is 0.150. The third-order valence-corrected chi connectivity index (χ3v) is 7.57. The molecule has 2 aromatic heterocycles. The molecule has 0 radical (unpaired) electrons. The van der Waals surface area contributed by atoms with E-state index in [1.807, 2.05) is 23.6 Å². The molecule has 23 heavy (non-hydrogen) atoms. The molecule has 3 heteroatoms. The minimum Gasteiger partial charge on any atom is -0.256 e. The predicted molar refractivity (Wildman–Crippen MR) is 106 cm³/mol. The summed E-state index contributed by atoms with van der Waals surface area (Å²) in [5.41, 5.74) is 2.29.